The second kappa shape index (κ2) is 3.93. The van der Waals surface area contributed by atoms with E-state index in [0.29, 0.717) is 5.71 Å². The molecule has 3 nitrogen and oxygen atoms in total. The van der Waals surface area contributed by atoms with E-state index in [4.69, 9.17) is 5.11 Å². The van der Waals surface area contributed by atoms with E-state index in [1.807, 2.05) is 13.8 Å². The zero-order valence-corrected chi connectivity index (χ0v) is 6.68. The van der Waals surface area contributed by atoms with Crippen molar-refractivity contribution >= 4 is 5.71 Å². The maximum Gasteiger partial charge on any atom is 0.131 e. The minimum absolute atomic E-state index is 0.0318. The van der Waals surface area contributed by atoms with Crippen molar-refractivity contribution in [2.24, 2.45) is 11.0 Å². The van der Waals surface area contributed by atoms with Crippen molar-refractivity contribution < 1.29 is 5.11 Å². The van der Waals surface area contributed by atoms with E-state index in [-0.39, 0.29) is 11.7 Å². The Kier molecular flexibility index (Phi) is 3.54. The predicted molar refractivity (Wildman–Crippen MR) is 43.1 cm³/mol. The lowest BCUT2D eigenvalue weighted by molar-refractivity contribution is 0.439. The lowest BCUT2D eigenvalue weighted by atomic mass is 10.1. The predicted octanol–water partition coefficient (Wildman–Crippen LogP) is 1.29. The monoisotopic (exact) mass is 142 g/mol. The van der Waals surface area contributed by atoms with Gasteiger partial charge in [-0.3, -0.25) is 0 Å². The molecule has 0 bridgehead atoms. The molecule has 0 aromatic heterocycles. The average Bonchev–Trinajstić information content (AvgIpc) is 1.81. The summed E-state index contributed by atoms with van der Waals surface area (Å²) in [4.78, 5) is 0. The molecular formula is C7H14N2O. The van der Waals surface area contributed by atoms with Gasteiger partial charge in [0.1, 0.15) is 11.5 Å². The van der Waals surface area contributed by atoms with Crippen LogP contribution in [0.15, 0.2) is 17.4 Å². The number of nitrogens with zero attached hydrogens (tertiary/aromatic N) is 1. The molecule has 0 spiro atoms. The molecule has 0 fully saturated rings. The van der Waals surface area contributed by atoms with Gasteiger partial charge in [-0.25, -0.2) is 0 Å². The zero-order valence-electron chi connectivity index (χ0n) is 6.68. The lowest BCUT2D eigenvalue weighted by Gasteiger charge is -2.06. The van der Waals surface area contributed by atoms with Gasteiger partial charge in [0.15, 0.2) is 0 Å². The van der Waals surface area contributed by atoms with Crippen molar-refractivity contribution in [1.82, 2.24) is 5.43 Å². The lowest BCUT2D eigenvalue weighted by Crippen LogP contribution is -2.13. The Hall–Kier alpha value is -0.990. The van der Waals surface area contributed by atoms with Crippen LogP contribution in [0.5, 0.6) is 0 Å². The highest BCUT2D eigenvalue weighted by Gasteiger charge is 2.06. The maximum atomic E-state index is 8.95. The van der Waals surface area contributed by atoms with Gasteiger partial charge in [-0.1, -0.05) is 20.4 Å². The van der Waals surface area contributed by atoms with Gasteiger partial charge >= 0.3 is 0 Å². The molecule has 0 aliphatic rings. The first-order valence-corrected chi connectivity index (χ1v) is 3.22. The molecule has 3 heteroatoms. The molecule has 0 aliphatic heterocycles. The molecule has 2 N–H and O–H groups in total. The van der Waals surface area contributed by atoms with E-state index >= 15 is 0 Å². The highest BCUT2D eigenvalue weighted by molar-refractivity contribution is 5.98. The van der Waals surface area contributed by atoms with Crippen molar-refractivity contribution in [2.45, 2.75) is 13.8 Å². The van der Waals surface area contributed by atoms with Gasteiger partial charge in [-0.2, -0.15) is 5.10 Å². The minimum Gasteiger partial charge on any atom is -0.507 e. The van der Waals surface area contributed by atoms with Gasteiger partial charge in [-0.15, -0.1) is 0 Å². The Morgan fingerprint density at radius 2 is 2.10 bits per heavy atom. The van der Waals surface area contributed by atoms with Gasteiger partial charge in [0.05, 0.1) is 0 Å². The summed E-state index contributed by atoms with van der Waals surface area (Å²) in [7, 11) is 1.69. The molecule has 0 atom stereocenters. The topological polar surface area (TPSA) is 44.6 Å². The number of hydrogen-bond donors (Lipinski definition) is 2. The Labute approximate surface area is 61.4 Å². The Morgan fingerprint density at radius 3 is 2.20 bits per heavy atom. The molecule has 0 aliphatic carbocycles. The van der Waals surface area contributed by atoms with E-state index < -0.39 is 0 Å². The van der Waals surface area contributed by atoms with Crippen LogP contribution in [-0.2, 0) is 0 Å². The Balaban J connectivity index is 4.27. The van der Waals surface area contributed by atoms with Gasteiger partial charge in [0.25, 0.3) is 0 Å². The minimum atomic E-state index is 0.0318. The first-order valence-electron chi connectivity index (χ1n) is 3.22. The number of hydrazone groups is 1. The summed E-state index contributed by atoms with van der Waals surface area (Å²) in [5, 5.41) is 12.8. The van der Waals surface area contributed by atoms with Crippen LogP contribution >= 0.6 is 0 Å². The van der Waals surface area contributed by atoms with Crippen molar-refractivity contribution in [2.75, 3.05) is 7.05 Å². The van der Waals surface area contributed by atoms with Crippen LogP contribution in [0.25, 0.3) is 0 Å². The number of aliphatic hydroxyl groups is 1. The number of aliphatic hydroxyl groups excluding tert-OH is 1. The van der Waals surface area contributed by atoms with Crippen LogP contribution < -0.4 is 5.43 Å². The fourth-order valence-corrected chi connectivity index (χ4v) is 0.647. The molecule has 10 heavy (non-hydrogen) atoms. The molecule has 0 saturated carbocycles. The molecule has 0 aromatic carbocycles. The third-order valence-corrected chi connectivity index (χ3v) is 1.07. The quantitative estimate of drug-likeness (QED) is 0.354. The van der Waals surface area contributed by atoms with Crippen LogP contribution in [0.2, 0.25) is 0 Å². The molecule has 0 unspecified atom stereocenters. The zero-order chi connectivity index (χ0) is 8.15. The summed E-state index contributed by atoms with van der Waals surface area (Å²) < 4.78 is 0. The molecule has 0 rings (SSSR count). The van der Waals surface area contributed by atoms with Crippen LogP contribution in [0.3, 0.4) is 0 Å². The third-order valence-electron chi connectivity index (χ3n) is 1.07. The normalized spacial score (nSPS) is 11.8. The smallest absolute Gasteiger partial charge is 0.131 e. The van der Waals surface area contributed by atoms with E-state index in [1.165, 1.54) is 0 Å². The SMILES string of the molecule is C=C(O)/C(=N/NC)C(C)C. The van der Waals surface area contributed by atoms with Gasteiger partial charge in [0, 0.05) is 13.0 Å². The molecule has 0 radical (unpaired) electrons. The fraction of sp³-hybridized carbons (Fsp3) is 0.571. The summed E-state index contributed by atoms with van der Waals surface area (Å²) in [6.07, 6.45) is 0. The maximum absolute atomic E-state index is 8.95. The number of allylic oxidation sites excluding steroid dienone is 1. The molecule has 0 amide bonds. The summed E-state index contributed by atoms with van der Waals surface area (Å²) >= 11 is 0. The molecule has 0 saturated heterocycles. The van der Waals surface area contributed by atoms with Crippen molar-refractivity contribution in [3.05, 3.63) is 12.3 Å². The van der Waals surface area contributed by atoms with Crippen LogP contribution in [0, 0.1) is 5.92 Å². The third kappa shape index (κ3) is 2.53. The fourth-order valence-electron chi connectivity index (χ4n) is 0.647. The van der Waals surface area contributed by atoms with Crippen LogP contribution in [-0.4, -0.2) is 17.9 Å². The summed E-state index contributed by atoms with van der Waals surface area (Å²) in [6.45, 7) is 7.26. The average molecular weight is 142 g/mol. The van der Waals surface area contributed by atoms with Crippen molar-refractivity contribution in [3.63, 3.8) is 0 Å². The van der Waals surface area contributed by atoms with E-state index in [2.05, 4.69) is 17.1 Å². The summed E-state index contributed by atoms with van der Waals surface area (Å²) in [5.74, 6) is 0.231. The van der Waals surface area contributed by atoms with Gasteiger partial charge < -0.3 is 10.5 Å². The highest BCUT2D eigenvalue weighted by Crippen LogP contribution is 2.02. The number of nitrogens with one attached hydrogen (secondary N) is 1. The molecule has 0 aromatic rings. The standard InChI is InChI=1S/C7H14N2O/c1-5(2)7(6(3)10)9-8-4/h5,8,10H,3H2,1-2,4H3/b9-7+. The second-order valence-corrected chi connectivity index (χ2v) is 2.32. The number of hydrogen-bond acceptors (Lipinski definition) is 3. The first-order chi connectivity index (χ1) is 4.59. The Morgan fingerprint density at radius 1 is 1.60 bits per heavy atom. The van der Waals surface area contributed by atoms with Gasteiger partial charge in [0.2, 0.25) is 0 Å². The van der Waals surface area contributed by atoms with Crippen molar-refractivity contribution in [1.29, 1.82) is 0 Å². The van der Waals surface area contributed by atoms with E-state index in [0.717, 1.165) is 0 Å². The number of rotatable bonds is 3. The van der Waals surface area contributed by atoms with E-state index in [1.54, 1.807) is 7.05 Å². The Bertz CT molecular complexity index is 150. The first kappa shape index (κ1) is 9.01. The van der Waals surface area contributed by atoms with Gasteiger partial charge in [-0.05, 0) is 0 Å². The molecule has 58 valence electrons. The van der Waals surface area contributed by atoms with Crippen LogP contribution in [0.4, 0.5) is 0 Å². The van der Waals surface area contributed by atoms with Crippen molar-refractivity contribution in [3.8, 4) is 0 Å². The molecule has 0 heterocycles. The largest absolute Gasteiger partial charge is 0.507 e. The van der Waals surface area contributed by atoms with Crippen LogP contribution in [0.1, 0.15) is 13.8 Å². The summed E-state index contributed by atoms with van der Waals surface area (Å²) in [6, 6.07) is 0. The van der Waals surface area contributed by atoms with E-state index in [9.17, 15) is 0 Å². The second-order valence-electron chi connectivity index (χ2n) is 2.32. The molecular weight excluding hydrogens is 128 g/mol. The highest BCUT2D eigenvalue weighted by atomic mass is 16.3. The summed E-state index contributed by atoms with van der Waals surface area (Å²) in [5.41, 5.74) is 3.20.